The van der Waals surface area contributed by atoms with Crippen molar-refractivity contribution in [2.24, 2.45) is 0 Å². The van der Waals surface area contributed by atoms with E-state index in [1.165, 1.54) is 18.2 Å². The summed E-state index contributed by atoms with van der Waals surface area (Å²) in [5.41, 5.74) is 0.624. The van der Waals surface area contributed by atoms with E-state index < -0.39 is 17.5 Å². The Morgan fingerprint density at radius 2 is 1.58 bits per heavy atom. The van der Waals surface area contributed by atoms with Crippen LogP contribution >= 0.6 is 0 Å². The van der Waals surface area contributed by atoms with Gasteiger partial charge in [-0.2, -0.15) is 0 Å². The Bertz CT molecular complexity index is 927. The van der Waals surface area contributed by atoms with E-state index in [-0.39, 0.29) is 29.4 Å². The number of carbonyl (C=O) groups is 1. The second kappa shape index (κ2) is 7.74. The van der Waals surface area contributed by atoms with Crippen LogP contribution < -0.4 is 10.1 Å². The molecule has 0 atom stereocenters. The van der Waals surface area contributed by atoms with E-state index in [0.717, 1.165) is 23.8 Å². The minimum Gasteiger partial charge on any atom is -0.488 e. The van der Waals surface area contributed by atoms with Crippen molar-refractivity contribution < 1.29 is 22.7 Å². The van der Waals surface area contributed by atoms with E-state index in [2.05, 4.69) is 5.32 Å². The van der Waals surface area contributed by atoms with E-state index in [0.29, 0.717) is 0 Å². The molecule has 1 N–H and O–H groups in total. The number of amides is 1. The first-order valence-electron chi connectivity index (χ1n) is 7.75. The first-order chi connectivity index (χ1) is 12.5. The third-order valence-corrected chi connectivity index (χ3v) is 3.62. The SMILES string of the molecule is O=C(Nc1cc(F)ccc1F)c1ccccc1OCc1ccc(F)cc1. The summed E-state index contributed by atoms with van der Waals surface area (Å²) in [6.45, 7) is 0.124. The summed E-state index contributed by atoms with van der Waals surface area (Å²) in [4.78, 5) is 12.4. The molecule has 6 heteroatoms. The first-order valence-corrected chi connectivity index (χ1v) is 7.75. The van der Waals surface area contributed by atoms with Crippen LogP contribution in [-0.4, -0.2) is 5.91 Å². The van der Waals surface area contributed by atoms with E-state index in [1.54, 1.807) is 30.3 Å². The van der Waals surface area contributed by atoms with Crippen molar-refractivity contribution in [1.82, 2.24) is 0 Å². The average Bonchev–Trinajstić information content (AvgIpc) is 2.64. The van der Waals surface area contributed by atoms with Crippen molar-refractivity contribution in [3.8, 4) is 5.75 Å². The predicted octanol–water partition coefficient (Wildman–Crippen LogP) is 4.94. The third-order valence-electron chi connectivity index (χ3n) is 3.62. The summed E-state index contributed by atoms with van der Waals surface area (Å²) in [5, 5.41) is 2.33. The molecule has 3 aromatic carbocycles. The van der Waals surface area contributed by atoms with Crippen LogP contribution in [0.3, 0.4) is 0 Å². The number of rotatable bonds is 5. The summed E-state index contributed by atoms with van der Waals surface area (Å²) in [6.07, 6.45) is 0. The van der Waals surface area contributed by atoms with Gasteiger partial charge in [0.15, 0.2) is 0 Å². The smallest absolute Gasteiger partial charge is 0.259 e. The number of ether oxygens (including phenoxy) is 1. The molecule has 0 aliphatic heterocycles. The first kappa shape index (κ1) is 17.5. The molecule has 3 rings (SSSR count). The van der Waals surface area contributed by atoms with Crippen LogP contribution in [0.2, 0.25) is 0 Å². The summed E-state index contributed by atoms with van der Waals surface area (Å²) >= 11 is 0. The van der Waals surface area contributed by atoms with Crippen molar-refractivity contribution in [2.75, 3.05) is 5.32 Å². The van der Waals surface area contributed by atoms with Crippen LogP contribution in [0.4, 0.5) is 18.9 Å². The number of anilines is 1. The highest BCUT2D eigenvalue weighted by Crippen LogP contribution is 2.22. The Morgan fingerprint density at radius 1 is 0.885 bits per heavy atom. The zero-order chi connectivity index (χ0) is 18.5. The lowest BCUT2D eigenvalue weighted by atomic mass is 10.1. The van der Waals surface area contributed by atoms with Gasteiger partial charge in [-0.25, -0.2) is 13.2 Å². The van der Waals surface area contributed by atoms with Gasteiger partial charge in [0, 0.05) is 6.07 Å². The lowest BCUT2D eigenvalue weighted by Crippen LogP contribution is -2.14. The Labute approximate surface area is 148 Å². The van der Waals surface area contributed by atoms with Gasteiger partial charge in [-0.1, -0.05) is 24.3 Å². The molecule has 0 saturated heterocycles. The monoisotopic (exact) mass is 357 g/mol. The molecule has 26 heavy (non-hydrogen) atoms. The van der Waals surface area contributed by atoms with Crippen molar-refractivity contribution in [2.45, 2.75) is 6.61 Å². The summed E-state index contributed by atoms with van der Waals surface area (Å²) in [7, 11) is 0. The fourth-order valence-electron chi connectivity index (χ4n) is 2.30. The minimum atomic E-state index is -0.746. The molecular weight excluding hydrogens is 343 g/mol. The van der Waals surface area contributed by atoms with Gasteiger partial charge in [-0.3, -0.25) is 4.79 Å². The van der Waals surface area contributed by atoms with Gasteiger partial charge in [0.2, 0.25) is 0 Å². The zero-order valence-corrected chi connectivity index (χ0v) is 13.5. The predicted molar refractivity (Wildman–Crippen MR) is 91.5 cm³/mol. The normalized spacial score (nSPS) is 10.4. The van der Waals surface area contributed by atoms with Gasteiger partial charge in [-0.15, -0.1) is 0 Å². The van der Waals surface area contributed by atoms with Gasteiger partial charge in [-0.05, 0) is 42.0 Å². The zero-order valence-electron chi connectivity index (χ0n) is 13.5. The van der Waals surface area contributed by atoms with Crippen molar-refractivity contribution >= 4 is 11.6 Å². The molecule has 0 fully saturated rings. The van der Waals surface area contributed by atoms with E-state index in [9.17, 15) is 18.0 Å². The molecule has 3 aromatic rings. The van der Waals surface area contributed by atoms with E-state index in [1.807, 2.05) is 0 Å². The molecule has 0 radical (unpaired) electrons. The van der Waals surface area contributed by atoms with Gasteiger partial charge in [0.25, 0.3) is 5.91 Å². The van der Waals surface area contributed by atoms with Crippen LogP contribution in [0.1, 0.15) is 15.9 Å². The van der Waals surface area contributed by atoms with Gasteiger partial charge in [0.05, 0.1) is 11.3 Å². The van der Waals surface area contributed by atoms with Crippen LogP contribution in [0.5, 0.6) is 5.75 Å². The molecule has 132 valence electrons. The second-order valence-electron chi connectivity index (χ2n) is 5.49. The number of benzene rings is 3. The molecule has 3 nitrogen and oxygen atoms in total. The molecular formula is C20H14F3NO2. The summed E-state index contributed by atoms with van der Waals surface area (Å²) in [5.74, 6) is -2.13. The molecule has 0 aliphatic carbocycles. The fourth-order valence-corrected chi connectivity index (χ4v) is 2.30. The van der Waals surface area contributed by atoms with Gasteiger partial charge in [0.1, 0.15) is 29.8 Å². The maximum absolute atomic E-state index is 13.7. The van der Waals surface area contributed by atoms with Crippen molar-refractivity contribution in [1.29, 1.82) is 0 Å². The maximum atomic E-state index is 13.7. The topological polar surface area (TPSA) is 38.3 Å². The molecule has 0 saturated carbocycles. The average molecular weight is 357 g/mol. The molecule has 0 bridgehead atoms. The highest BCUT2D eigenvalue weighted by Gasteiger charge is 2.15. The highest BCUT2D eigenvalue weighted by molar-refractivity contribution is 6.06. The van der Waals surface area contributed by atoms with Crippen molar-refractivity contribution in [3.05, 3.63) is 95.3 Å². The fraction of sp³-hybridized carbons (Fsp3) is 0.0500. The Balaban J connectivity index is 1.76. The number of nitrogens with one attached hydrogen (secondary N) is 1. The quantitative estimate of drug-likeness (QED) is 0.703. The molecule has 0 heterocycles. The lowest BCUT2D eigenvalue weighted by Gasteiger charge is -2.12. The molecule has 0 spiro atoms. The second-order valence-corrected chi connectivity index (χ2v) is 5.49. The molecule has 0 aliphatic rings. The standard InChI is InChI=1S/C20H14F3NO2/c21-14-7-5-13(6-8-14)12-26-19-4-2-1-3-16(19)20(25)24-18-11-15(22)9-10-17(18)23/h1-11H,12H2,(H,24,25). The van der Waals surface area contributed by atoms with E-state index >= 15 is 0 Å². The Kier molecular flexibility index (Phi) is 5.22. The molecule has 0 unspecified atom stereocenters. The lowest BCUT2D eigenvalue weighted by molar-refractivity contribution is 0.102. The molecule has 0 aromatic heterocycles. The summed E-state index contributed by atoms with van der Waals surface area (Å²) < 4.78 is 45.5. The maximum Gasteiger partial charge on any atom is 0.259 e. The Morgan fingerprint density at radius 3 is 2.35 bits per heavy atom. The number of hydrogen-bond acceptors (Lipinski definition) is 2. The minimum absolute atomic E-state index is 0.124. The number of carbonyl (C=O) groups excluding carboxylic acids is 1. The van der Waals surface area contributed by atoms with Crippen LogP contribution in [-0.2, 0) is 6.61 Å². The Hall–Kier alpha value is -3.28. The third kappa shape index (κ3) is 4.22. The highest BCUT2D eigenvalue weighted by atomic mass is 19.1. The van der Waals surface area contributed by atoms with Crippen molar-refractivity contribution in [3.63, 3.8) is 0 Å². The van der Waals surface area contributed by atoms with Gasteiger partial charge < -0.3 is 10.1 Å². The molecule has 1 amide bonds. The van der Waals surface area contributed by atoms with E-state index in [4.69, 9.17) is 4.74 Å². The van der Waals surface area contributed by atoms with Crippen LogP contribution in [0.25, 0.3) is 0 Å². The largest absolute Gasteiger partial charge is 0.488 e. The summed E-state index contributed by atoms with van der Waals surface area (Å²) in [6, 6.07) is 14.9. The van der Waals surface area contributed by atoms with Gasteiger partial charge >= 0.3 is 0 Å². The number of halogens is 3. The van der Waals surface area contributed by atoms with Crippen LogP contribution in [0, 0.1) is 17.5 Å². The number of para-hydroxylation sites is 1. The van der Waals surface area contributed by atoms with Crippen LogP contribution in [0.15, 0.2) is 66.7 Å². The number of hydrogen-bond donors (Lipinski definition) is 1.